The van der Waals surface area contributed by atoms with E-state index < -0.39 is 0 Å². The molecule has 0 radical (unpaired) electrons. The molecule has 0 fully saturated rings. The Morgan fingerprint density at radius 1 is 1.26 bits per heavy atom. The lowest BCUT2D eigenvalue weighted by atomic mass is 9.74. The van der Waals surface area contributed by atoms with Gasteiger partial charge in [-0.3, -0.25) is 4.79 Å². The Bertz CT molecular complexity index is 645. The molecule has 2 aromatic carbocycles. The molecule has 0 saturated carbocycles. The molecule has 2 aromatic rings. The lowest BCUT2D eigenvalue weighted by Crippen LogP contribution is -2.20. The Balaban J connectivity index is 1.75. The van der Waals surface area contributed by atoms with Crippen molar-refractivity contribution in [2.75, 3.05) is 0 Å². The van der Waals surface area contributed by atoms with Crippen LogP contribution in [-0.4, -0.2) is 5.78 Å². The van der Waals surface area contributed by atoms with E-state index in [9.17, 15) is 4.79 Å². The quantitative estimate of drug-likeness (QED) is 0.752. The van der Waals surface area contributed by atoms with Gasteiger partial charge in [0.15, 0.2) is 5.78 Å². The second-order valence-electron chi connectivity index (χ2n) is 5.19. The highest BCUT2D eigenvalue weighted by atomic mass is 79.9. The molecular formula is C17H15BrO. The van der Waals surface area contributed by atoms with E-state index in [0.717, 1.165) is 22.0 Å². The number of benzene rings is 2. The van der Waals surface area contributed by atoms with Crippen molar-refractivity contribution in [2.24, 2.45) is 0 Å². The maximum absolute atomic E-state index is 12.3. The molecule has 1 unspecified atom stereocenters. The Morgan fingerprint density at radius 2 is 2.05 bits per heavy atom. The monoisotopic (exact) mass is 314 g/mol. The standard InChI is InChI=1S/C17H15BrO/c1-11-8-13(6-7-16(11)18)17(19)10-14-9-12-4-2-3-5-15(12)14/h2-8,14H,9-10H2,1H3. The molecule has 0 amide bonds. The van der Waals surface area contributed by atoms with Crippen molar-refractivity contribution < 1.29 is 4.79 Å². The van der Waals surface area contributed by atoms with Crippen LogP contribution in [0.3, 0.4) is 0 Å². The second-order valence-corrected chi connectivity index (χ2v) is 6.05. The van der Waals surface area contributed by atoms with Gasteiger partial charge >= 0.3 is 0 Å². The van der Waals surface area contributed by atoms with Crippen molar-refractivity contribution in [1.82, 2.24) is 0 Å². The Kier molecular flexibility index (Phi) is 3.28. The van der Waals surface area contributed by atoms with Crippen LogP contribution in [-0.2, 0) is 6.42 Å². The number of rotatable bonds is 3. The largest absolute Gasteiger partial charge is 0.294 e. The summed E-state index contributed by atoms with van der Waals surface area (Å²) in [6.45, 7) is 2.01. The van der Waals surface area contributed by atoms with E-state index in [4.69, 9.17) is 0 Å². The summed E-state index contributed by atoms with van der Waals surface area (Å²) in [5, 5.41) is 0. The van der Waals surface area contributed by atoms with Crippen LogP contribution >= 0.6 is 15.9 Å². The molecule has 1 aliphatic carbocycles. The predicted octanol–water partition coefficient (Wildman–Crippen LogP) is 4.67. The van der Waals surface area contributed by atoms with Crippen molar-refractivity contribution in [1.29, 1.82) is 0 Å². The van der Waals surface area contributed by atoms with E-state index in [0.29, 0.717) is 12.3 Å². The van der Waals surface area contributed by atoms with Gasteiger partial charge in [-0.2, -0.15) is 0 Å². The zero-order valence-electron chi connectivity index (χ0n) is 10.8. The van der Waals surface area contributed by atoms with Crippen molar-refractivity contribution in [3.63, 3.8) is 0 Å². The molecule has 96 valence electrons. The second kappa shape index (κ2) is 4.93. The van der Waals surface area contributed by atoms with Gasteiger partial charge < -0.3 is 0 Å². The topological polar surface area (TPSA) is 17.1 Å². The molecule has 0 aliphatic heterocycles. The minimum Gasteiger partial charge on any atom is -0.294 e. The third kappa shape index (κ3) is 2.37. The van der Waals surface area contributed by atoms with Gasteiger partial charge in [0.25, 0.3) is 0 Å². The lowest BCUT2D eigenvalue weighted by molar-refractivity contribution is 0.0970. The molecule has 0 N–H and O–H groups in total. The molecule has 1 nitrogen and oxygen atoms in total. The number of carbonyl (C=O) groups excluding carboxylic acids is 1. The van der Waals surface area contributed by atoms with Gasteiger partial charge in [0.05, 0.1) is 0 Å². The fourth-order valence-electron chi connectivity index (χ4n) is 2.70. The van der Waals surface area contributed by atoms with Crippen LogP contribution in [0, 0.1) is 6.92 Å². The van der Waals surface area contributed by atoms with Crippen LogP contribution in [0.4, 0.5) is 0 Å². The summed E-state index contributed by atoms with van der Waals surface area (Å²) in [7, 11) is 0. The normalized spacial score (nSPS) is 16.6. The van der Waals surface area contributed by atoms with Crippen LogP contribution in [0.15, 0.2) is 46.9 Å². The SMILES string of the molecule is Cc1cc(C(=O)CC2Cc3ccccc32)ccc1Br. The number of halogens is 1. The average molecular weight is 315 g/mol. The van der Waals surface area contributed by atoms with Crippen LogP contribution in [0.25, 0.3) is 0 Å². The molecule has 1 atom stereocenters. The number of aryl methyl sites for hydroxylation is 1. The van der Waals surface area contributed by atoms with Crippen LogP contribution in [0.5, 0.6) is 0 Å². The molecule has 0 spiro atoms. The molecule has 1 aliphatic rings. The number of ketones is 1. The van der Waals surface area contributed by atoms with E-state index in [2.05, 4.69) is 40.2 Å². The minimum atomic E-state index is 0.245. The first-order valence-corrected chi connectivity index (χ1v) is 7.31. The maximum Gasteiger partial charge on any atom is 0.163 e. The Morgan fingerprint density at radius 3 is 2.79 bits per heavy atom. The first-order valence-electron chi connectivity index (χ1n) is 6.52. The van der Waals surface area contributed by atoms with Crippen LogP contribution in [0.2, 0.25) is 0 Å². The molecule has 0 saturated heterocycles. The third-order valence-corrected chi connectivity index (χ3v) is 4.76. The molecule has 0 aromatic heterocycles. The summed E-state index contributed by atoms with van der Waals surface area (Å²) >= 11 is 3.46. The summed E-state index contributed by atoms with van der Waals surface area (Å²) in [5.74, 6) is 0.655. The smallest absolute Gasteiger partial charge is 0.163 e. The zero-order valence-corrected chi connectivity index (χ0v) is 12.4. The first kappa shape index (κ1) is 12.6. The van der Waals surface area contributed by atoms with E-state index in [1.807, 2.05) is 25.1 Å². The number of carbonyl (C=O) groups is 1. The zero-order chi connectivity index (χ0) is 13.4. The average Bonchev–Trinajstić information content (AvgIpc) is 2.39. The minimum absolute atomic E-state index is 0.245. The van der Waals surface area contributed by atoms with Gasteiger partial charge in [-0.25, -0.2) is 0 Å². The summed E-state index contributed by atoms with van der Waals surface area (Å²) in [4.78, 5) is 12.3. The molecule has 2 heteroatoms. The third-order valence-electron chi connectivity index (χ3n) is 3.87. The number of hydrogen-bond acceptors (Lipinski definition) is 1. The predicted molar refractivity (Wildman–Crippen MR) is 80.7 cm³/mol. The van der Waals surface area contributed by atoms with Gasteiger partial charge in [-0.05, 0) is 48.1 Å². The highest BCUT2D eigenvalue weighted by molar-refractivity contribution is 9.10. The van der Waals surface area contributed by atoms with Gasteiger partial charge in [-0.1, -0.05) is 46.3 Å². The maximum atomic E-state index is 12.3. The molecule has 3 rings (SSSR count). The summed E-state index contributed by atoms with van der Waals surface area (Å²) < 4.78 is 1.05. The Labute approximate surface area is 121 Å². The van der Waals surface area contributed by atoms with Gasteiger partial charge in [0.1, 0.15) is 0 Å². The fourth-order valence-corrected chi connectivity index (χ4v) is 2.95. The van der Waals surface area contributed by atoms with Crippen molar-refractivity contribution >= 4 is 21.7 Å². The lowest BCUT2D eigenvalue weighted by Gasteiger charge is -2.29. The highest BCUT2D eigenvalue weighted by Gasteiger charge is 2.27. The number of hydrogen-bond donors (Lipinski definition) is 0. The van der Waals surface area contributed by atoms with Crippen molar-refractivity contribution in [2.45, 2.75) is 25.7 Å². The summed E-state index contributed by atoms with van der Waals surface area (Å²) in [6, 6.07) is 14.2. The molecule has 19 heavy (non-hydrogen) atoms. The van der Waals surface area contributed by atoms with Gasteiger partial charge in [-0.15, -0.1) is 0 Å². The van der Waals surface area contributed by atoms with Crippen LogP contribution < -0.4 is 0 Å². The molecular weight excluding hydrogens is 300 g/mol. The van der Waals surface area contributed by atoms with E-state index in [1.165, 1.54) is 11.1 Å². The number of Topliss-reactive ketones (excluding diaryl/α,β-unsaturated/α-hetero) is 1. The van der Waals surface area contributed by atoms with E-state index >= 15 is 0 Å². The first-order chi connectivity index (χ1) is 9.15. The van der Waals surface area contributed by atoms with Gasteiger partial charge in [0.2, 0.25) is 0 Å². The fraction of sp³-hybridized carbons (Fsp3) is 0.235. The summed E-state index contributed by atoms with van der Waals surface area (Å²) in [6.07, 6.45) is 1.66. The highest BCUT2D eigenvalue weighted by Crippen LogP contribution is 2.38. The van der Waals surface area contributed by atoms with Gasteiger partial charge in [0, 0.05) is 16.5 Å². The molecule has 0 heterocycles. The molecule has 0 bridgehead atoms. The van der Waals surface area contributed by atoms with E-state index in [-0.39, 0.29) is 5.78 Å². The summed E-state index contributed by atoms with van der Waals surface area (Å²) in [5.41, 5.74) is 4.68. The van der Waals surface area contributed by atoms with Crippen LogP contribution in [0.1, 0.15) is 39.4 Å². The van der Waals surface area contributed by atoms with E-state index in [1.54, 1.807) is 0 Å². The number of fused-ring (bicyclic) bond motifs is 1. The van der Waals surface area contributed by atoms with Crippen molar-refractivity contribution in [3.05, 3.63) is 69.2 Å². The Hall–Kier alpha value is -1.41. The van der Waals surface area contributed by atoms with Crippen molar-refractivity contribution in [3.8, 4) is 0 Å².